The van der Waals surface area contributed by atoms with E-state index in [1.165, 1.54) is 27.7 Å². The van der Waals surface area contributed by atoms with E-state index in [0.717, 1.165) is 42.5 Å². The summed E-state index contributed by atoms with van der Waals surface area (Å²) in [6.45, 7) is 11.9. The molecule has 0 unspecified atom stereocenters. The van der Waals surface area contributed by atoms with Gasteiger partial charge in [0.1, 0.15) is 18.5 Å². The largest absolute Gasteiger partial charge is 0.493 e. The van der Waals surface area contributed by atoms with E-state index in [-0.39, 0.29) is 18.0 Å². The van der Waals surface area contributed by atoms with Gasteiger partial charge in [0.2, 0.25) is 5.91 Å². The quantitative estimate of drug-likeness (QED) is 0.258. The van der Waals surface area contributed by atoms with Gasteiger partial charge in [-0.3, -0.25) is 4.79 Å². The lowest BCUT2D eigenvalue weighted by Gasteiger charge is -2.38. The number of hydrogen-bond acceptors (Lipinski definition) is 6. The number of nitrogens with zero attached hydrogens (tertiary/aromatic N) is 4. The zero-order valence-electron chi connectivity index (χ0n) is 26.6. The molecule has 0 spiro atoms. The molecule has 1 saturated carbocycles. The van der Waals surface area contributed by atoms with Crippen molar-refractivity contribution in [2.24, 2.45) is 0 Å². The highest BCUT2D eigenvalue weighted by atomic mass is 16.6. The summed E-state index contributed by atoms with van der Waals surface area (Å²) in [7, 11) is 3.24. The third-order valence-electron chi connectivity index (χ3n) is 8.38. The Morgan fingerprint density at radius 2 is 1.93 bits per heavy atom. The van der Waals surface area contributed by atoms with Crippen LogP contribution < -0.4 is 10.1 Å². The van der Waals surface area contributed by atoms with E-state index in [2.05, 4.69) is 59.4 Å². The highest BCUT2D eigenvalue weighted by molar-refractivity contribution is 5.92. The molecule has 2 amide bonds. The first-order valence-electron chi connectivity index (χ1n) is 15.1. The van der Waals surface area contributed by atoms with E-state index in [4.69, 9.17) is 9.47 Å². The summed E-state index contributed by atoms with van der Waals surface area (Å²) < 4.78 is 12.7. The van der Waals surface area contributed by atoms with Crippen LogP contribution in [0.2, 0.25) is 0 Å². The molecule has 10 heteroatoms. The van der Waals surface area contributed by atoms with Crippen molar-refractivity contribution in [2.75, 3.05) is 20.7 Å². The number of carbonyl (C=O) groups is 2. The first kappa shape index (κ1) is 30.4. The van der Waals surface area contributed by atoms with Crippen LogP contribution in [0.5, 0.6) is 5.75 Å². The first-order chi connectivity index (χ1) is 20.3. The summed E-state index contributed by atoms with van der Waals surface area (Å²) in [5.74, 6) is 1.21. The van der Waals surface area contributed by atoms with Crippen molar-refractivity contribution in [3.63, 3.8) is 0 Å². The number of pyridine rings is 1. The van der Waals surface area contributed by atoms with Crippen molar-refractivity contribution in [3.8, 4) is 17.0 Å². The average molecular weight is 589 g/mol. The molecule has 1 aromatic carbocycles. The van der Waals surface area contributed by atoms with Gasteiger partial charge in [-0.2, -0.15) is 5.10 Å². The van der Waals surface area contributed by atoms with E-state index in [0.29, 0.717) is 23.2 Å². The number of likely N-dealkylation sites (N-methyl/N-ethyl adjacent to an activating group) is 1. The van der Waals surface area contributed by atoms with Gasteiger partial charge in [-0.15, -0.1) is 0 Å². The van der Waals surface area contributed by atoms with Crippen molar-refractivity contribution >= 4 is 28.6 Å². The van der Waals surface area contributed by atoms with Crippen LogP contribution in [0.4, 0.5) is 4.79 Å². The maximum absolute atomic E-state index is 12.8. The summed E-state index contributed by atoms with van der Waals surface area (Å²) in [5.41, 5.74) is 5.52. The summed E-state index contributed by atoms with van der Waals surface area (Å²) >= 11 is 0. The zero-order valence-corrected chi connectivity index (χ0v) is 26.6. The summed E-state index contributed by atoms with van der Waals surface area (Å²) in [4.78, 5) is 34.4. The fraction of sp³-hybridized carbons (Fsp3) is 0.515. The fourth-order valence-electron chi connectivity index (χ4n) is 6.20. The summed E-state index contributed by atoms with van der Waals surface area (Å²) in [6, 6.07) is 8.78. The van der Waals surface area contributed by atoms with Gasteiger partial charge in [0.15, 0.2) is 11.4 Å². The fourth-order valence-corrected chi connectivity index (χ4v) is 6.20. The first-order valence-corrected chi connectivity index (χ1v) is 15.1. The number of aromatic nitrogens is 4. The molecule has 0 radical (unpaired) electrons. The lowest BCUT2D eigenvalue weighted by Crippen LogP contribution is -2.51. The molecule has 1 fully saturated rings. The van der Waals surface area contributed by atoms with E-state index >= 15 is 0 Å². The number of ether oxygens (including phenoxy) is 2. The van der Waals surface area contributed by atoms with E-state index < -0.39 is 11.7 Å². The van der Waals surface area contributed by atoms with Crippen LogP contribution in [0.25, 0.3) is 27.8 Å². The molecule has 3 aromatic heterocycles. The number of carbonyl (C=O) groups excluding carboxylic acids is 2. The standard InChI is InChI=1S/C33H44N6O4/c1-20(2)28-24-15-22(9-10-25(24)36-29(28)23-16-26(42-8)30-34-19-35-39(30)17-23)21-11-13-33(6,14-12-21)37-27(40)18-38(7)31(41)43-32(3,4)5/h9-10,15-17,19-21,36H,11-14,18H2,1-8H3,(H,37,40). The number of methoxy groups -OCH3 is 1. The summed E-state index contributed by atoms with van der Waals surface area (Å²) in [6.07, 6.45) is 6.70. The Morgan fingerprint density at radius 1 is 1.21 bits per heavy atom. The van der Waals surface area contributed by atoms with Crippen LogP contribution in [-0.2, 0) is 9.53 Å². The maximum Gasteiger partial charge on any atom is 0.410 e. The molecule has 1 aliphatic carbocycles. The molecule has 10 nitrogen and oxygen atoms in total. The molecule has 3 heterocycles. The second-order valence-corrected chi connectivity index (χ2v) is 13.4. The molecule has 1 aliphatic rings. The highest BCUT2D eigenvalue weighted by Gasteiger charge is 2.34. The molecule has 0 atom stereocenters. The predicted octanol–water partition coefficient (Wildman–Crippen LogP) is 6.41. The molecular formula is C33H44N6O4. The van der Waals surface area contributed by atoms with Crippen LogP contribution >= 0.6 is 0 Å². The van der Waals surface area contributed by atoms with Crippen molar-refractivity contribution in [1.29, 1.82) is 0 Å². The number of fused-ring (bicyclic) bond motifs is 2. The maximum atomic E-state index is 12.8. The van der Waals surface area contributed by atoms with Crippen LogP contribution in [0, 0.1) is 0 Å². The molecule has 5 rings (SSSR count). The minimum Gasteiger partial charge on any atom is -0.493 e. The van der Waals surface area contributed by atoms with Gasteiger partial charge in [-0.05, 0) is 94.5 Å². The van der Waals surface area contributed by atoms with Crippen molar-refractivity contribution < 1.29 is 19.1 Å². The monoisotopic (exact) mass is 588 g/mol. The minimum absolute atomic E-state index is 0.0336. The van der Waals surface area contributed by atoms with E-state index in [1.54, 1.807) is 18.7 Å². The normalized spacial score (nSPS) is 19.1. The van der Waals surface area contributed by atoms with Gasteiger partial charge in [0.25, 0.3) is 0 Å². The number of rotatable bonds is 7. The van der Waals surface area contributed by atoms with E-state index in [9.17, 15) is 9.59 Å². The smallest absolute Gasteiger partial charge is 0.410 e. The topological polar surface area (TPSA) is 114 Å². The number of amides is 2. The molecule has 0 bridgehead atoms. The number of H-pyrrole nitrogens is 1. The van der Waals surface area contributed by atoms with Gasteiger partial charge in [0.05, 0.1) is 12.8 Å². The van der Waals surface area contributed by atoms with Crippen LogP contribution in [0.15, 0.2) is 36.8 Å². The van der Waals surface area contributed by atoms with Crippen molar-refractivity contribution in [1.82, 2.24) is 29.8 Å². The van der Waals surface area contributed by atoms with E-state index in [1.807, 2.05) is 33.0 Å². The lowest BCUT2D eigenvalue weighted by molar-refractivity contribution is -0.124. The number of aromatic amines is 1. The third-order valence-corrected chi connectivity index (χ3v) is 8.38. The van der Waals surface area contributed by atoms with Crippen molar-refractivity contribution in [3.05, 3.63) is 47.9 Å². The predicted molar refractivity (Wildman–Crippen MR) is 168 cm³/mol. The van der Waals surface area contributed by atoms with Crippen LogP contribution in [0.3, 0.4) is 0 Å². The Hall–Kier alpha value is -4.08. The molecule has 230 valence electrons. The van der Waals surface area contributed by atoms with Crippen LogP contribution in [0.1, 0.15) is 90.2 Å². The molecule has 4 aromatic rings. The molecule has 43 heavy (non-hydrogen) atoms. The molecule has 2 N–H and O–H groups in total. The average Bonchev–Trinajstić information content (AvgIpc) is 3.56. The SMILES string of the molecule is COc1cc(-c2[nH]c3ccc(C4CCC(C)(NC(=O)CN(C)C(=O)OC(C)(C)C)CC4)cc3c2C(C)C)cn2ncnc12. The van der Waals surface area contributed by atoms with Gasteiger partial charge < -0.3 is 24.7 Å². The molecular weight excluding hydrogens is 544 g/mol. The Bertz CT molecular complexity index is 1640. The minimum atomic E-state index is -0.604. The van der Waals surface area contributed by atoms with Crippen LogP contribution in [-0.4, -0.2) is 68.3 Å². The Kier molecular flexibility index (Phi) is 8.15. The second kappa shape index (κ2) is 11.5. The Labute approximate surface area is 253 Å². The second-order valence-electron chi connectivity index (χ2n) is 13.4. The lowest BCUT2D eigenvalue weighted by atomic mass is 9.75. The van der Waals surface area contributed by atoms with Gasteiger partial charge >= 0.3 is 6.09 Å². The van der Waals surface area contributed by atoms with Gasteiger partial charge in [-0.1, -0.05) is 19.9 Å². The molecule has 0 aliphatic heterocycles. The Balaban J connectivity index is 1.31. The highest BCUT2D eigenvalue weighted by Crippen LogP contribution is 2.42. The van der Waals surface area contributed by atoms with Gasteiger partial charge in [0, 0.05) is 35.2 Å². The number of hydrogen-bond donors (Lipinski definition) is 2. The summed E-state index contributed by atoms with van der Waals surface area (Å²) in [5, 5.41) is 8.77. The van der Waals surface area contributed by atoms with Crippen molar-refractivity contribution in [2.45, 2.75) is 90.2 Å². The Morgan fingerprint density at radius 3 is 2.58 bits per heavy atom. The number of nitrogens with one attached hydrogen (secondary N) is 2. The van der Waals surface area contributed by atoms with Gasteiger partial charge in [-0.25, -0.2) is 14.3 Å². The molecule has 0 saturated heterocycles. The third kappa shape index (κ3) is 6.48. The number of benzene rings is 1. The zero-order chi connectivity index (χ0) is 31.1.